The summed E-state index contributed by atoms with van der Waals surface area (Å²) < 4.78 is 0. The molecule has 1 saturated heterocycles. The maximum Gasteiger partial charge on any atom is 0.167 e. The molecule has 1 heterocycles. The fourth-order valence-electron chi connectivity index (χ4n) is 4.22. The maximum atomic E-state index is 12.5. The molecule has 1 fully saturated rings. The average Bonchev–Trinajstić information content (AvgIpc) is 3.11. The molecule has 0 aromatic heterocycles. The van der Waals surface area contributed by atoms with E-state index in [0.29, 0.717) is 17.0 Å². The molecule has 0 saturated carbocycles. The third kappa shape index (κ3) is 4.77. The molecule has 0 aliphatic carbocycles. The maximum absolute atomic E-state index is 12.5. The van der Waals surface area contributed by atoms with Crippen molar-refractivity contribution in [2.24, 2.45) is 0 Å². The molecule has 2 nitrogen and oxygen atoms in total. The Morgan fingerprint density at radius 2 is 1.62 bits per heavy atom. The highest BCUT2D eigenvalue weighted by Gasteiger charge is 2.35. The van der Waals surface area contributed by atoms with E-state index >= 15 is 0 Å². The van der Waals surface area contributed by atoms with Crippen LogP contribution in [0.3, 0.4) is 0 Å². The van der Waals surface area contributed by atoms with Crippen LogP contribution in [0.1, 0.15) is 40.4 Å². The highest BCUT2D eigenvalue weighted by atomic mass is 35.5. The zero-order chi connectivity index (χ0) is 20.3. The average molecular weight is 404 g/mol. The van der Waals surface area contributed by atoms with Crippen molar-refractivity contribution in [2.45, 2.75) is 31.7 Å². The van der Waals surface area contributed by atoms with E-state index < -0.39 is 0 Å². The van der Waals surface area contributed by atoms with Crippen molar-refractivity contribution in [3.63, 3.8) is 0 Å². The number of ketones is 1. The van der Waals surface area contributed by atoms with Crippen LogP contribution in [0.4, 0.5) is 0 Å². The van der Waals surface area contributed by atoms with Crippen LogP contribution in [0.15, 0.2) is 78.9 Å². The van der Waals surface area contributed by atoms with Gasteiger partial charge in [0.1, 0.15) is 0 Å². The Morgan fingerprint density at radius 3 is 2.31 bits per heavy atom. The van der Waals surface area contributed by atoms with Crippen LogP contribution < -0.4 is 0 Å². The van der Waals surface area contributed by atoms with Crippen molar-refractivity contribution >= 4 is 17.4 Å². The van der Waals surface area contributed by atoms with E-state index in [0.717, 1.165) is 31.6 Å². The van der Waals surface area contributed by atoms with Crippen molar-refractivity contribution < 1.29 is 4.79 Å². The minimum absolute atomic E-state index is 0.121. The number of benzene rings is 3. The Hall–Kier alpha value is -2.42. The van der Waals surface area contributed by atoms with Crippen molar-refractivity contribution in [3.05, 3.63) is 106 Å². The van der Waals surface area contributed by atoms with Gasteiger partial charge in [-0.3, -0.25) is 9.69 Å². The fraction of sp³-hybridized carbons (Fsp3) is 0.269. The summed E-state index contributed by atoms with van der Waals surface area (Å²) in [5.41, 5.74) is 4.64. The minimum atomic E-state index is 0.121. The van der Waals surface area contributed by atoms with Crippen molar-refractivity contribution in [1.29, 1.82) is 0 Å². The van der Waals surface area contributed by atoms with E-state index in [2.05, 4.69) is 66.4 Å². The number of carbonyl (C=O) groups excluding carboxylic acids is 1. The number of hydrogen-bond donors (Lipinski definition) is 0. The number of halogens is 1. The first-order chi connectivity index (χ1) is 14.0. The lowest BCUT2D eigenvalue weighted by Gasteiger charge is -2.26. The molecule has 0 spiro atoms. The second kappa shape index (κ2) is 8.52. The Kier molecular flexibility index (Phi) is 5.84. The quantitative estimate of drug-likeness (QED) is 0.475. The van der Waals surface area contributed by atoms with Gasteiger partial charge >= 0.3 is 0 Å². The van der Waals surface area contributed by atoms with Gasteiger partial charge in [-0.1, -0.05) is 73.1 Å². The van der Waals surface area contributed by atoms with Gasteiger partial charge in [-0.25, -0.2) is 0 Å². The van der Waals surface area contributed by atoms with Crippen molar-refractivity contribution in [2.75, 3.05) is 13.1 Å². The smallest absolute Gasteiger partial charge is 0.167 e. The Morgan fingerprint density at radius 1 is 0.931 bits per heavy atom. The van der Waals surface area contributed by atoms with Crippen LogP contribution in [0.5, 0.6) is 0 Å². The Labute approximate surface area is 178 Å². The predicted octanol–water partition coefficient (Wildman–Crippen LogP) is 5.93. The molecule has 3 aromatic rings. The second-order valence-electron chi connectivity index (χ2n) is 8.31. The molecule has 4 rings (SSSR count). The van der Waals surface area contributed by atoms with Gasteiger partial charge in [-0.15, -0.1) is 0 Å². The van der Waals surface area contributed by atoms with Crippen LogP contribution in [0.25, 0.3) is 0 Å². The summed E-state index contributed by atoms with van der Waals surface area (Å²) in [6, 6.07) is 26.4. The first-order valence-corrected chi connectivity index (χ1v) is 10.5. The predicted molar refractivity (Wildman–Crippen MR) is 120 cm³/mol. The third-order valence-corrected chi connectivity index (χ3v) is 6.24. The van der Waals surface area contributed by atoms with Crippen LogP contribution in [0.2, 0.25) is 5.02 Å². The van der Waals surface area contributed by atoms with Gasteiger partial charge in [0.15, 0.2) is 5.78 Å². The number of likely N-dealkylation sites (tertiary alicyclic amines) is 1. The number of nitrogens with zero attached hydrogens (tertiary/aromatic N) is 1. The Balaban J connectivity index is 1.39. The normalized spacial score (nSPS) is 19.4. The minimum Gasteiger partial charge on any atom is -0.298 e. The number of Topliss-reactive ketones (excluding diaryl/α,β-unsaturated/α-hetero) is 1. The van der Waals surface area contributed by atoms with Gasteiger partial charge in [0, 0.05) is 35.5 Å². The van der Waals surface area contributed by atoms with E-state index in [1.54, 1.807) is 24.3 Å². The highest BCUT2D eigenvalue weighted by Crippen LogP contribution is 2.35. The van der Waals surface area contributed by atoms with Crippen LogP contribution in [0, 0.1) is 0 Å². The van der Waals surface area contributed by atoms with E-state index in [1.807, 2.05) is 0 Å². The molecule has 0 radical (unpaired) electrons. The molecular weight excluding hydrogens is 378 g/mol. The summed E-state index contributed by atoms with van der Waals surface area (Å²) in [5.74, 6) is 0.121. The number of carbonyl (C=O) groups is 1. The van der Waals surface area contributed by atoms with Gasteiger partial charge in [-0.2, -0.15) is 0 Å². The van der Waals surface area contributed by atoms with Crippen LogP contribution >= 0.6 is 11.6 Å². The van der Waals surface area contributed by atoms with E-state index in [4.69, 9.17) is 11.6 Å². The molecule has 3 aromatic carbocycles. The summed E-state index contributed by atoms with van der Waals surface area (Å²) in [4.78, 5) is 15.0. The van der Waals surface area contributed by atoms with Crippen LogP contribution in [-0.2, 0) is 18.4 Å². The molecule has 0 bridgehead atoms. The van der Waals surface area contributed by atoms with Crippen molar-refractivity contribution in [3.8, 4) is 0 Å². The summed E-state index contributed by atoms with van der Waals surface area (Å²) in [6.07, 6.45) is 1.57. The first-order valence-electron chi connectivity index (χ1n) is 10.2. The van der Waals surface area contributed by atoms with Gasteiger partial charge in [0.05, 0.1) is 0 Å². The second-order valence-corrected chi connectivity index (χ2v) is 8.75. The lowest BCUT2D eigenvalue weighted by molar-refractivity contribution is 0.0993. The first kappa shape index (κ1) is 19.9. The van der Waals surface area contributed by atoms with Crippen molar-refractivity contribution in [1.82, 2.24) is 4.90 Å². The molecule has 1 unspecified atom stereocenters. The largest absolute Gasteiger partial charge is 0.298 e. The molecule has 148 valence electrons. The Bertz CT molecular complexity index is 966. The summed E-state index contributed by atoms with van der Waals surface area (Å²) in [7, 11) is 0. The summed E-state index contributed by atoms with van der Waals surface area (Å²) in [5, 5.41) is 0.650. The molecule has 1 aliphatic heterocycles. The molecular formula is C26H26ClNO. The van der Waals surface area contributed by atoms with E-state index in [-0.39, 0.29) is 11.2 Å². The van der Waals surface area contributed by atoms with Gasteiger partial charge in [0.25, 0.3) is 0 Å². The zero-order valence-corrected chi connectivity index (χ0v) is 17.5. The summed E-state index contributed by atoms with van der Waals surface area (Å²) in [6.45, 7) is 5.53. The lowest BCUT2D eigenvalue weighted by atomic mass is 9.81. The van der Waals surface area contributed by atoms with E-state index in [1.165, 1.54) is 11.1 Å². The SMILES string of the molecule is CC1(c2ccc(CC(=O)c3ccc(Cl)cc3)cc2)CCN(Cc2ccccc2)C1. The fourth-order valence-corrected chi connectivity index (χ4v) is 4.34. The van der Waals surface area contributed by atoms with Gasteiger partial charge in [-0.05, 0) is 53.9 Å². The third-order valence-electron chi connectivity index (χ3n) is 5.98. The standard InChI is InChI=1S/C26H26ClNO/c1-26(15-16-28(19-26)18-21-5-3-2-4-6-21)23-11-7-20(8-12-23)17-25(29)22-9-13-24(27)14-10-22/h2-14H,15-19H2,1H3. The molecule has 0 amide bonds. The molecule has 3 heteroatoms. The zero-order valence-electron chi connectivity index (χ0n) is 16.8. The number of hydrogen-bond acceptors (Lipinski definition) is 2. The molecule has 1 aliphatic rings. The highest BCUT2D eigenvalue weighted by molar-refractivity contribution is 6.30. The molecule has 0 N–H and O–H groups in total. The monoisotopic (exact) mass is 403 g/mol. The topological polar surface area (TPSA) is 20.3 Å². The summed E-state index contributed by atoms with van der Waals surface area (Å²) >= 11 is 5.91. The molecule has 29 heavy (non-hydrogen) atoms. The van der Waals surface area contributed by atoms with E-state index in [9.17, 15) is 4.79 Å². The lowest BCUT2D eigenvalue weighted by Crippen LogP contribution is -2.28. The van der Waals surface area contributed by atoms with Gasteiger partial charge in [0.2, 0.25) is 0 Å². The van der Waals surface area contributed by atoms with Crippen LogP contribution in [-0.4, -0.2) is 23.8 Å². The number of rotatable bonds is 6. The molecule has 1 atom stereocenters. The van der Waals surface area contributed by atoms with Gasteiger partial charge < -0.3 is 0 Å².